The summed E-state index contributed by atoms with van der Waals surface area (Å²) < 4.78 is 0. The van der Waals surface area contributed by atoms with Gasteiger partial charge in [-0.15, -0.1) is 0 Å². The first kappa shape index (κ1) is 16.9. The normalized spacial score (nSPS) is 15.9. The molecule has 4 nitrogen and oxygen atoms in total. The summed E-state index contributed by atoms with van der Waals surface area (Å²) in [4.78, 5) is 11.5. The second-order valence-electron chi connectivity index (χ2n) is 7.04. The van der Waals surface area contributed by atoms with E-state index in [0.717, 1.165) is 37.6 Å². The lowest BCUT2D eigenvalue weighted by atomic mass is 10.0. The van der Waals surface area contributed by atoms with Gasteiger partial charge in [0, 0.05) is 38.1 Å². The molecule has 0 aliphatic carbocycles. The predicted octanol–water partition coefficient (Wildman–Crippen LogP) is 3.95. The number of nitrogens with zero attached hydrogens (tertiary/aromatic N) is 3. The molecule has 0 aromatic carbocycles. The number of nitrogens with one attached hydrogen (secondary N) is 1. The highest BCUT2D eigenvalue weighted by Gasteiger charge is 2.15. The maximum absolute atomic E-state index is 4.64. The van der Waals surface area contributed by atoms with Crippen LogP contribution in [0.1, 0.15) is 50.4 Å². The van der Waals surface area contributed by atoms with Gasteiger partial charge in [0.2, 0.25) is 0 Å². The van der Waals surface area contributed by atoms with E-state index in [4.69, 9.17) is 0 Å². The molecule has 2 aromatic rings. The zero-order valence-corrected chi connectivity index (χ0v) is 14.8. The Bertz CT molecular complexity index is 603. The summed E-state index contributed by atoms with van der Waals surface area (Å²) >= 11 is 0. The molecule has 0 saturated carbocycles. The number of hydrogen-bond acceptors (Lipinski definition) is 4. The fraction of sp³-hybridized carbons (Fsp3) is 0.500. The monoisotopic (exact) mass is 324 g/mol. The van der Waals surface area contributed by atoms with Gasteiger partial charge in [-0.05, 0) is 48.9 Å². The van der Waals surface area contributed by atoms with Crippen molar-refractivity contribution in [3.63, 3.8) is 0 Å². The first-order chi connectivity index (χ1) is 11.7. The van der Waals surface area contributed by atoms with Crippen molar-refractivity contribution in [1.29, 1.82) is 0 Å². The lowest BCUT2D eigenvalue weighted by Crippen LogP contribution is -2.23. The molecule has 3 heterocycles. The molecule has 4 heteroatoms. The molecule has 1 N–H and O–H groups in total. The van der Waals surface area contributed by atoms with E-state index >= 15 is 0 Å². The Kier molecular flexibility index (Phi) is 5.81. The number of hydrogen-bond donors (Lipinski definition) is 1. The van der Waals surface area contributed by atoms with Crippen LogP contribution in [0.5, 0.6) is 0 Å². The Hall–Kier alpha value is -1.94. The number of rotatable bonds is 7. The summed E-state index contributed by atoms with van der Waals surface area (Å²) in [5, 5.41) is 3.66. The van der Waals surface area contributed by atoms with Crippen molar-refractivity contribution in [2.24, 2.45) is 5.92 Å². The smallest absolute Gasteiger partial charge is 0.128 e. The third-order valence-electron chi connectivity index (χ3n) is 4.54. The van der Waals surface area contributed by atoms with Crippen molar-refractivity contribution in [2.45, 2.75) is 45.7 Å². The summed E-state index contributed by atoms with van der Waals surface area (Å²) in [5.74, 6) is 1.74. The Labute approximate surface area is 145 Å². The molecular formula is C20H28N4. The van der Waals surface area contributed by atoms with E-state index in [-0.39, 0.29) is 6.04 Å². The average Bonchev–Trinajstić information content (AvgIpc) is 3.14. The van der Waals surface area contributed by atoms with Crippen LogP contribution in [-0.4, -0.2) is 23.1 Å². The second-order valence-corrected chi connectivity index (χ2v) is 7.04. The van der Waals surface area contributed by atoms with Crippen molar-refractivity contribution >= 4 is 5.82 Å². The lowest BCUT2D eigenvalue weighted by Gasteiger charge is -2.21. The number of anilines is 1. The van der Waals surface area contributed by atoms with Gasteiger partial charge in [0.25, 0.3) is 0 Å². The van der Waals surface area contributed by atoms with Crippen LogP contribution in [0.25, 0.3) is 0 Å². The molecule has 1 unspecified atom stereocenters. The summed E-state index contributed by atoms with van der Waals surface area (Å²) in [5.41, 5.74) is 2.34. The van der Waals surface area contributed by atoms with Crippen LogP contribution in [0, 0.1) is 5.92 Å². The molecule has 0 bridgehead atoms. The van der Waals surface area contributed by atoms with Crippen LogP contribution >= 0.6 is 0 Å². The minimum Gasteiger partial charge on any atom is -0.357 e. The van der Waals surface area contributed by atoms with Crippen molar-refractivity contribution in [3.05, 3.63) is 54.0 Å². The van der Waals surface area contributed by atoms with E-state index < -0.39 is 0 Å². The van der Waals surface area contributed by atoms with E-state index in [0.29, 0.717) is 5.92 Å². The molecule has 128 valence electrons. The third-order valence-corrected chi connectivity index (χ3v) is 4.54. The first-order valence-electron chi connectivity index (χ1n) is 9.06. The first-order valence-corrected chi connectivity index (χ1v) is 9.06. The van der Waals surface area contributed by atoms with Crippen LogP contribution in [0.4, 0.5) is 5.82 Å². The zero-order valence-electron chi connectivity index (χ0n) is 14.8. The van der Waals surface area contributed by atoms with Gasteiger partial charge in [0.15, 0.2) is 0 Å². The maximum Gasteiger partial charge on any atom is 0.128 e. The SMILES string of the molecule is CC(C)CC(NCc1ccc(N2CCCC2)nc1)c1ccccn1. The highest BCUT2D eigenvalue weighted by Crippen LogP contribution is 2.21. The summed E-state index contributed by atoms with van der Waals surface area (Å²) in [7, 11) is 0. The quantitative estimate of drug-likeness (QED) is 0.837. The molecular weight excluding hydrogens is 296 g/mol. The van der Waals surface area contributed by atoms with Crippen molar-refractivity contribution in [1.82, 2.24) is 15.3 Å². The van der Waals surface area contributed by atoms with Crippen molar-refractivity contribution in [3.8, 4) is 0 Å². The standard InChI is InChI=1S/C20H28N4/c1-16(2)13-19(18-7-3-4-10-21-18)22-14-17-8-9-20(23-15-17)24-11-5-6-12-24/h3-4,7-10,15-16,19,22H,5-6,11-14H2,1-2H3. The topological polar surface area (TPSA) is 41.0 Å². The van der Waals surface area contributed by atoms with Gasteiger partial charge in [-0.25, -0.2) is 4.98 Å². The Morgan fingerprint density at radius 1 is 1.08 bits per heavy atom. The number of pyridine rings is 2. The van der Waals surface area contributed by atoms with Gasteiger partial charge in [0.1, 0.15) is 5.82 Å². The number of aromatic nitrogens is 2. The molecule has 0 spiro atoms. The summed E-state index contributed by atoms with van der Waals surface area (Å²) in [6.07, 6.45) is 7.52. The van der Waals surface area contributed by atoms with Gasteiger partial charge in [0.05, 0.1) is 5.69 Å². The van der Waals surface area contributed by atoms with Gasteiger partial charge >= 0.3 is 0 Å². The average molecular weight is 324 g/mol. The summed E-state index contributed by atoms with van der Waals surface area (Å²) in [6.45, 7) is 7.61. The molecule has 1 atom stereocenters. The summed E-state index contributed by atoms with van der Waals surface area (Å²) in [6, 6.07) is 10.8. The van der Waals surface area contributed by atoms with Gasteiger partial charge in [-0.2, -0.15) is 0 Å². The predicted molar refractivity (Wildman–Crippen MR) is 99.0 cm³/mol. The molecule has 1 saturated heterocycles. The molecule has 1 aliphatic heterocycles. The molecule has 24 heavy (non-hydrogen) atoms. The largest absolute Gasteiger partial charge is 0.357 e. The molecule has 0 radical (unpaired) electrons. The van der Waals surface area contributed by atoms with Crippen molar-refractivity contribution in [2.75, 3.05) is 18.0 Å². The van der Waals surface area contributed by atoms with Crippen LogP contribution < -0.4 is 10.2 Å². The Morgan fingerprint density at radius 3 is 2.54 bits per heavy atom. The van der Waals surface area contributed by atoms with Crippen LogP contribution in [0.2, 0.25) is 0 Å². The van der Waals surface area contributed by atoms with Crippen LogP contribution in [0.3, 0.4) is 0 Å². The van der Waals surface area contributed by atoms with E-state index in [1.54, 1.807) is 0 Å². The second kappa shape index (κ2) is 8.25. The van der Waals surface area contributed by atoms with Crippen LogP contribution in [-0.2, 0) is 6.54 Å². The van der Waals surface area contributed by atoms with Gasteiger partial charge < -0.3 is 10.2 Å². The molecule has 3 rings (SSSR count). The van der Waals surface area contributed by atoms with Gasteiger partial charge in [-0.3, -0.25) is 4.98 Å². The lowest BCUT2D eigenvalue weighted by molar-refractivity contribution is 0.421. The third kappa shape index (κ3) is 4.54. The Balaban J connectivity index is 1.61. The highest BCUT2D eigenvalue weighted by molar-refractivity contribution is 5.40. The van der Waals surface area contributed by atoms with E-state index in [1.165, 1.54) is 18.4 Å². The van der Waals surface area contributed by atoms with E-state index in [1.807, 2.05) is 18.5 Å². The van der Waals surface area contributed by atoms with Crippen LogP contribution in [0.15, 0.2) is 42.7 Å². The van der Waals surface area contributed by atoms with E-state index in [9.17, 15) is 0 Å². The molecule has 1 fully saturated rings. The fourth-order valence-corrected chi connectivity index (χ4v) is 3.26. The minimum atomic E-state index is 0.282. The fourth-order valence-electron chi connectivity index (χ4n) is 3.26. The molecule has 1 aliphatic rings. The molecule has 0 amide bonds. The Morgan fingerprint density at radius 2 is 1.92 bits per heavy atom. The van der Waals surface area contributed by atoms with Crippen molar-refractivity contribution < 1.29 is 0 Å². The minimum absolute atomic E-state index is 0.282. The van der Waals surface area contributed by atoms with Gasteiger partial charge in [-0.1, -0.05) is 26.0 Å². The van der Waals surface area contributed by atoms with E-state index in [2.05, 4.69) is 58.3 Å². The highest BCUT2D eigenvalue weighted by atomic mass is 15.2. The maximum atomic E-state index is 4.64. The molecule has 2 aromatic heterocycles. The zero-order chi connectivity index (χ0) is 16.8.